The molecule has 4 aliphatic rings. The number of aromatic nitrogens is 3. The van der Waals surface area contributed by atoms with E-state index in [9.17, 15) is 9.90 Å². The van der Waals surface area contributed by atoms with Crippen LogP contribution in [0.1, 0.15) is 38.5 Å². The molecule has 4 bridgehead atoms. The van der Waals surface area contributed by atoms with Gasteiger partial charge in [-0.25, -0.2) is 0 Å². The van der Waals surface area contributed by atoms with Gasteiger partial charge < -0.3 is 10.4 Å². The van der Waals surface area contributed by atoms with E-state index >= 15 is 0 Å². The third-order valence-corrected chi connectivity index (χ3v) is 8.46. The van der Waals surface area contributed by atoms with Crippen molar-refractivity contribution < 1.29 is 9.90 Å². The van der Waals surface area contributed by atoms with E-state index in [-0.39, 0.29) is 17.2 Å². The van der Waals surface area contributed by atoms with E-state index in [2.05, 4.69) is 38.0 Å². The minimum Gasteiger partial charge on any atom is -0.507 e. The highest BCUT2D eigenvalue weighted by Gasteiger charge is 2.51. The average molecular weight is 503 g/mol. The van der Waals surface area contributed by atoms with Crippen molar-refractivity contribution in [1.29, 1.82) is 0 Å². The van der Waals surface area contributed by atoms with Gasteiger partial charge in [-0.2, -0.15) is 0 Å². The van der Waals surface area contributed by atoms with Crippen LogP contribution < -0.4 is 5.32 Å². The molecule has 31 heavy (non-hydrogen) atoms. The summed E-state index contributed by atoms with van der Waals surface area (Å²) in [5.41, 5.74) is 0.614. The standard InChI is InChI=1S/C23H27BrN4O2S/c1-2-5-28-21(18-9-17(24)3-4-19(18)29)26-27-22(28)31-13-20(30)25-23-10-14-6-15(11-23)8-16(7-14)12-23/h2-4,9,14-16,29H,1,5-8,10-13H2,(H,25,30). The molecule has 0 aliphatic heterocycles. The summed E-state index contributed by atoms with van der Waals surface area (Å²) in [4.78, 5) is 12.9. The number of hydrogen-bond acceptors (Lipinski definition) is 5. The zero-order valence-electron chi connectivity index (χ0n) is 17.4. The van der Waals surface area contributed by atoms with Gasteiger partial charge in [-0.3, -0.25) is 9.36 Å². The fourth-order valence-corrected chi connectivity index (χ4v) is 7.41. The highest BCUT2D eigenvalue weighted by atomic mass is 79.9. The van der Waals surface area contributed by atoms with Crippen LogP contribution in [-0.2, 0) is 11.3 Å². The first-order chi connectivity index (χ1) is 14.9. The van der Waals surface area contributed by atoms with E-state index in [1.165, 1.54) is 31.0 Å². The molecule has 6 rings (SSSR count). The Balaban J connectivity index is 1.29. The van der Waals surface area contributed by atoms with Crippen LogP contribution in [-0.4, -0.2) is 37.1 Å². The van der Waals surface area contributed by atoms with Gasteiger partial charge in [0.1, 0.15) is 5.75 Å². The molecule has 2 N–H and O–H groups in total. The third kappa shape index (κ3) is 4.16. The number of benzene rings is 1. The predicted molar refractivity (Wildman–Crippen MR) is 125 cm³/mol. The number of amides is 1. The van der Waals surface area contributed by atoms with Gasteiger partial charge in [-0.1, -0.05) is 33.8 Å². The third-order valence-electron chi connectivity index (χ3n) is 7.00. The SMILES string of the molecule is C=CCn1c(SCC(=O)NC23CC4CC(CC(C4)C2)C3)nnc1-c1cc(Br)ccc1O. The van der Waals surface area contributed by atoms with E-state index < -0.39 is 0 Å². The molecule has 0 saturated heterocycles. The van der Waals surface area contributed by atoms with E-state index in [4.69, 9.17) is 0 Å². The molecule has 1 heterocycles. The molecule has 4 fully saturated rings. The molecule has 1 aromatic carbocycles. The first kappa shape index (κ1) is 21.1. The molecule has 1 amide bonds. The van der Waals surface area contributed by atoms with Gasteiger partial charge in [-0.05, 0) is 74.5 Å². The Morgan fingerprint density at radius 2 is 1.94 bits per heavy atom. The number of phenols is 1. The number of hydrogen-bond donors (Lipinski definition) is 2. The van der Waals surface area contributed by atoms with Crippen LogP contribution in [0.25, 0.3) is 11.4 Å². The number of halogens is 1. The van der Waals surface area contributed by atoms with Gasteiger partial charge in [0.2, 0.25) is 5.91 Å². The van der Waals surface area contributed by atoms with Crippen LogP contribution in [0, 0.1) is 17.8 Å². The first-order valence-corrected chi connectivity index (χ1v) is 12.7. The van der Waals surface area contributed by atoms with Gasteiger partial charge in [-0.15, -0.1) is 16.8 Å². The molecule has 2 aromatic rings. The predicted octanol–water partition coefficient (Wildman–Crippen LogP) is 4.78. The molecule has 0 atom stereocenters. The van der Waals surface area contributed by atoms with Crippen molar-refractivity contribution >= 4 is 33.6 Å². The van der Waals surface area contributed by atoms with Crippen LogP contribution in [0.2, 0.25) is 0 Å². The Labute approximate surface area is 195 Å². The highest BCUT2D eigenvalue weighted by Crippen LogP contribution is 2.55. The maximum Gasteiger partial charge on any atom is 0.230 e. The van der Waals surface area contributed by atoms with Gasteiger partial charge in [0.15, 0.2) is 11.0 Å². The minimum absolute atomic E-state index is 0.0223. The summed E-state index contributed by atoms with van der Waals surface area (Å²) in [6, 6.07) is 5.21. The van der Waals surface area contributed by atoms with Crippen molar-refractivity contribution in [3.05, 3.63) is 35.3 Å². The van der Waals surface area contributed by atoms with Crippen molar-refractivity contribution in [2.75, 3.05) is 5.75 Å². The minimum atomic E-state index is 0.0223. The van der Waals surface area contributed by atoms with Gasteiger partial charge in [0.25, 0.3) is 0 Å². The van der Waals surface area contributed by atoms with Crippen LogP contribution in [0.4, 0.5) is 0 Å². The summed E-state index contributed by atoms with van der Waals surface area (Å²) >= 11 is 4.83. The summed E-state index contributed by atoms with van der Waals surface area (Å²) in [6.07, 6.45) is 9.29. The maximum atomic E-state index is 12.9. The Morgan fingerprint density at radius 1 is 1.26 bits per heavy atom. The van der Waals surface area contributed by atoms with Crippen LogP contribution >= 0.6 is 27.7 Å². The number of rotatable bonds is 7. The van der Waals surface area contributed by atoms with Crippen LogP contribution in [0.3, 0.4) is 0 Å². The Morgan fingerprint density at radius 3 is 2.58 bits per heavy atom. The fraction of sp³-hybridized carbons (Fsp3) is 0.522. The first-order valence-electron chi connectivity index (χ1n) is 10.9. The molecule has 4 aliphatic carbocycles. The van der Waals surface area contributed by atoms with Gasteiger partial charge in [0.05, 0.1) is 11.3 Å². The molecule has 6 nitrogen and oxygen atoms in total. The number of nitrogens with one attached hydrogen (secondary N) is 1. The van der Waals surface area contributed by atoms with E-state index in [1.54, 1.807) is 18.2 Å². The molecule has 0 unspecified atom stereocenters. The van der Waals surface area contributed by atoms with Crippen LogP contribution in [0.5, 0.6) is 5.75 Å². The van der Waals surface area contributed by atoms with Crippen molar-refractivity contribution in [3.63, 3.8) is 0 Å². The number of aromatic hydroxyl groups is 1. The second-order valence-corrected chi connectivity index (χ2v) is 11.3. The maximum absolute atomic E-state index is 12.9. The van der Waals surface area contributed by atoms with Gasteiger partial charge in [0, 0.05) is 16.6 Å². The lowest BCUT2D eigenvalue weighted by Gasteiger charge is -2.56. The molecule has 4 saturated carbocycles. The lowest BCUT2D eigenvalue weighted by Crippen LogP contribution is -2.60. The lowest BCUT2D eigenvalue weighted by atomic mass is 9.53. The number of allylic oxidation sites excluding steroid dienone is 1. The molecule has 164 valence electrons. The van der Waals surface area contributed by atoms with E-state index in [0.717, 1.165) is 41.5 Å². The highest BCUT2D eigenvalue weighted by molar-refractivity contribution is 9.10. The van der Waals surface area contributed by atoms with E-state index in [0.29, 0.717) is 28.8 Å². The molecule has 1 aromatic heterocycles. The number of phenolic OH excluding ortho intramolecular Hbond substituents is 1. The number of carbonyl (C=O) groups is 1. The Hall–Kier alpha value is -1.80. The second kappa shape index (κ2) is 8.28. The Bertz CT molecular complexity index is 986. The van der Waals surface area contributed by atoms with E-state index in [1.807, 2.05) is 10.6 Å². The van der Waals surface area contributed by atoms with Crippen molar-refractivity contribution in [1.82, 2.24) is 20.1 Å². The molecule has 8 heteroatoms. The van der Waals surface area contributed by atoms with Crippen LogP contribution in [0.15, 0.2) is 40.5 Å². The zero-order chi connectivity index (χ0) is 21.6. The van der Waals surface area contributed by atoms with Crippen molar-refractivity contribution in [3.8, 4) is 17.1 Å². The molecular formula is C23H27BrN4O2S. The summed E-state index contributed by atoms with van der Waals surface area (Å²) in [5, 5.41) is 23.0. The smallest absolute Gasteiger partial charge is 0.230 e. The normalized spacial score (nSPS) is 28.6. The quantitative estimate of drug-likeness (QED) is 0.420. The number of nitrogens with zero attached hydrogens (tertiary/aromatic N) is 3. The average Bonchev–Trinajstić information content (AvgIpc) is 3.09. The summed E-state index contributed by atoms with van der Waals surface area (Å²) in [5.74, 6) is 3.48. The molecular weight excluding hydrogens is 476 g/mol. The summed E-state index contributed by atoms with van der Waals surface area (Å²) in [6.45, 7) is 4.33. The topological polar surface area (TPSA) is 80.0 Å². The molecule has 0 radical (unpaired) electrons. The number of carbonyl (C=O) groups excluding carboxylic acids is 1. The second-order valence-electron chi connectivity index (χ2n) is 9.40. The molecule has 0 spiro atoms. The fourth-order valence-electron chi connectivity index (χ4n) is 6.30. The Kier molecular flexibility index (Phi) is 5.63. The lowest BCUT2D eigenvalue weighted by molar-refractivity contribution is -0.124. The number of thioether (sulfide) groups is 1. The van der Waals surface area contributed by atoms with Gasteiger partial charge >= 0.3 is 0 Å². The zero-order valence-corrected chi connectivity index (χ0v) is 19.8. The van der Waals surface area contributed by atoms with Crippen molar-refractivity contribution in [2.45, 2.75) is 55.8 Å². The summed E-state index contributed by atoms with van der Waals surface area (Å²) in [7, 11) is 0. The summed E-state index contributed by atoms with van der Waals surface area (Å²) < 4.78 is 2.73. The largest absolute Gasteiger partial charge is 0.507 e. The van der Waals surface area contributed by atoms with Crippen molar-refractivity contribution in [2.24, 2.45) is 17.8 Å². The monoisotopic (exact) mass is 502 g/mol.